The number of hydrogen-bond donors (Lipinski definition) is 1. The third-order valence-electron chi connectivity index (χ3n) is 2.45. The Morgan fingerprint density at radius 3 is 2.87 bits per heavy atom. The van der Waals surface area contributed by atoms with Gasteiger partial charge in [0.2, 0.25) is 0 Å². The molecule has 0 saturated heterocycles. The van der Waals surface area contributed by atoms with E-state index in [1.807, 2.05) is 6.92 Å². The number of carbonyl (C=O) groups excluding carboxylic acids is 1. The quantitative estimate of drug-likeness (QED) is 0.768. The van der Waals surface area contributed by atoms with E-state index in [2.05, 4.69) is 4.98 Å². The average molecular weight is 207 g/mol. The van der Waals surface area contributed by atoms with Crippen LogP contribution in [0.3, 0.4) is 0 Å². The van der Waals surface area contributed by atoms with Crippen LogP contribution >= 0.6 is 0 Å². The number of H-pyrrole nitrogens is 1. The number of aromatic nitrogens is 1. The number of methoxy groups -OCH3 is 1. The molecule has 1 N–H and O–H groups in total. The van der Waals surface area contributed by atoms with Gasteiger partial charge in [-0.15, -0.1) is 0 Å². The smallest absolute Gasteiger partial charge is 0.154 e. The van der Waals surface area contributed by atoms with E-state index in [9.17, 15) is 9.18 Å². The van der Waals surface area contributed by atoms with E-state index in [1.54, 1.807) is 6.07 Å². The van der Waals surface area contributed by atoms with Crippen LogP contribution < -0.4 is 4.74 Å². The van der Waals surface area contributed by atoms with Gasteiger partial charge in [-0.2, -0.15) is 0 Å². The molecule has 1 aromatic heterocycles. The number of ether oxygens (including phenoxy) is 1. The zero-order valence-electron chi connectivity index (χ0n) is 8.43. The fourth-order valence-corrected chi connectivity index (χ4v) is 1.73. The summed E-state index contributed by atoms with van der Waals surface area (Å²) in [6, 6.07) is 1.71. The van der Waals surface area contributed by atoms with Crippen molar-refractivity contribution in [2.24, 2.45) is 0 Å². The maximum atomic E-state index is 13.4. The van der Waals surface area contributed by atoms with Gasteiger partial charge in [0.25, 0.3) is 0 Å². The standard InChI is InChI=1S/C11H10FNO2/c1-6-3-9(15-2)7(5-14)10-8(12)4-13-11(6)10/h3-5,13H,1-2H3. The first-order chi connectivity index (χ1) is 7.19. The number of aryl methyl sites for hydroxylation is 1. The first-order valence-corrected chi connectivity index (χ1v) is 4.48. The second-order valence-corrected chi connectivity index (χ2v) is 3.31. The third-order valence-corrected chi connectivity index (χ3v) is 2.45. The van der Waals surface area contributed by atoms with E-state index >= 15 is 0 Å². The lowest BCUT2D eigenvalue weighted by Gasteiger charge is -2.06. The fraction of sp³-hybridized carbons (Fsp3) is 0.182. The number of rotatable bonds is 2. The van der Waals surface area contributed by atoms with E-state index in [0.29, 0.717) is 22.9 Å². The molecule has 78 valence electrons. The molecule has 0 atom stereocenters. The summed E-state index contributed by atoms with van der Waals surface area (Å²) in [5, 5.41) is 0.293. The van der Waals surface area contributed by atoms with Gasteiger partial charge >= 0.3 is 0 Å². The van der Waals surface area contributed by atoms with Crippen LogP contribution in [0.5, 0.6) is 5.75 Å². The third kappa shape index (κ3) is 1.29. The maximum absolute atomic E-state index is 13.4. The molecule has 0 aliphatic rings. The van der Waals surface area contributed by atoms with E-state index in [0.717, 1.165) is 5.56 Å². The van der Waals surface area contributed by atoms with E-state index < -0.39 is 5.82 Å². The lowest BCUT2D eigenvalue weighted by Crippen LogP contribution is -1.93. The summed E-state index contributed by atoms with van der Waals surface area (Å²) >= 11 is 0. The van der Waals surface area contributed by atoms with Gasteiger partial charge in [-0.05, 0) is 18.6 Å². The fourth-order valence-electron chi connectivity index (χ4n) is 1.73. The number of hydrogen-bond acceptors (Lipinski definition) is 2. The Morgan fingerprint density at radius 2 is 2.27 bits per heavy atom. The highest BCUT2D eigenvalue weighted by Gasteiger charge is 2.15. The number of benzene rings is 1. The van der Waals surface area contributed by atoms with E-state index in [4.69, 9.17) is 4.74 Å². The van der Waals surface area contributed by atoms with Gasteiger partial charge in [-0.3, -0.25) is 4.79 Å². The van der Waals surface area contributed by atoms with Crippen molar-refractivity contribution in [2.75, 3.05) is 7.11 Å². The molecule has 0 aliphatic carbocycles. The van der Waals surface area contributed by atoms with Crippen molar-refractivity contribution in [3.63, 3.8) is 0 Å². The minimum Gasteiger partial charge on any atom is -0.496 e. The average Bonchev–Trinajstić information content (AvgIpc) is 2.61. The zero-order chi connectivity index (χ0) is 11.0. The highest BCUT2D eigenvalue weighted by atomic mass is 19.1. The molecular formula is C11H10FNO2. The van der Waals surface area contributed by atoms with Crippen LogP contribution in [0.15, 0.2) is 12.3 Å². The van der Waals surface area contributed by atoms with Crippen LogP contribution in [0.1, 0.15) is 15.9 Å². The Kier molecular flexibility index (Phi) is 2.19. The normalized spacial score (nSPS) is 10.6. The molecule has 2 rings (SSSR count). The molecule has 0 spiro atoms. The summed E-state index contributed by atoms with van der Waals surface area (Å²) in [5.74, 6) is -0.0393. The highest BCUT2D eigenvalue weighted by Crippen LogP contribution is 2.30. The molecule has 2 aromatic rings. The number of nitrogens with one attached hydrogen (secondary N) is 1. The molecule has 15 heavy (non-hydrogen) atoms. The predicted octanol–water partition coefficient (Wildman–Crippen LogP) is 2.44. The van der Waals surface area contributed by atoms with E-state index in [-0.39, 0.29) is 5.56 Å². The van der Waals surface area contributed by atoms with Gasteiger partial charge < -0.3 is 9.72 Å². The van der Waals surface area contributed by atoms with Crippen molar-refractivity contribution >= 4 is 17.2 Å². The summed E-state index contributed by atoms with van der Waals surface area (Å²) in [4.78, 5) is 13.7. The molecule has 0 unspecified atom stereocenters. The SMILES string of the molecule is COc1cc(C)c2[nH]cc(F)c2c1C=O. The molecule has 0 bridgehead atoms. The monoisotopic (exact) mass is 207 g/mol. The molecule has 1 heterocycles. The highest BCUT2D eigenvalue weighted by molar-refractivity contribution is 6.01. The number of aromatic amines is 1. The van der Waals surface area contributed by atoms with Crippen molar-refractivity contribution in [1.29, 1.82) is 0 Å². The van der Waals surface area contributed by atoms with Crippen LogP contribution in [-0.4, -0.2) is 18.4 Å². The molecule has 3 nitrogen and oxygen atoms in total. The van der Waals surface area contributed by atoms with Crippen molar-refractivity contribution in [1.82, 2.24) is 4.98 Å². The summed E-state index contributed by atoms with van der Waals surface area (Å²) in [7, 11) is 1.46. The van der Waals surface area contributed by atoms with Crippen molar-refractivity contribution in [3.8, 4) is 5.75 Å². The van der Waals surface area contributed by atoms with Crippen LogP contribution in [0, 0.1) is 12.7 Å². The Bertz CT molecular complexity index is 531. The van der Waals surface area contributed by atoms with Crippen molar-refractivity contribution in [2.45, 2.75) is 6.92 Å². The molecule has 0 aliphatic heterocycles. The van der Waals surface area contributed by atoms with Gasteiger partial charge in [0, 0.05) is 11.6 Å². The van der Waals surface area contributed by atoms with Crippen molar-refractivity contribution < 1.29 is 13.9 Å². The van der Waals surface area contributed by atoms with Crippen LogP contribution in [0.25, 0.3) is 10.9 Å². The minimum absolute atomic E-state index is 0.247. The second kappa shape index (κ2) is 3.38. The zero-order valence-corrected chi connectivity index (χ0v) is 8.43. The number of fused-ring (bicyclic) bond motifs is 1. The minimum atomic E-state index is -0.436. The second-order valence-electron chi connectivity index (χ2n) is 3.31. The predicted molar refractivity (Wildman–Crippen MR) is 54.9 cm³/mol. The van der Waals surface area contributed by atoms with Crippen LogP contribution in [-0.2, 0) is 0 Å². The van der Waals surface area contributed by atoms with Crippen LogP contribution in [0.4, 0.5) is 4.39 Å². The lowest BCUT2D eigenvalue weighted by molar-refractivity contribution is 0.112. The Morgan fingerprint density at radius 1 is 1.53 bits per heavy atom. The van der Waals surface area contributed by atoms with Gasteiger partial charge in [0.15, 0.2) is 6.29 Å². The molecule has 0 fully saturated rings. The topological polar surface area (TPSA) is 42.1 Å². The van der Waals surface area contributed by atoms with Gasteiger partial charge in [0.05, 0.1) is 18.2 Å². The van der Waals surface area contributed by atoms with Gasteiger partial charge in [-0.25, -0.2) is 4.39 Å². The largest absolute Gasteiger partial charge is 0.496 e. The summed E-state index contributed by atoms with van der Waals surface area (Å²) in [6.45, 7) is 1.83. The first kappa shape index (κ1) is 9.71. The Labute approximate surface area is 85.9 Å². The molecule has 0 saturated carbocycles. The Balaban J connectivity index is 2.95. The van der Waals surface area contributed by atoms with E-state index in [1.165, 1.54) is 13.3 Å². The molecule has 0 radical (unpaired) electrons. The molecule has 4 heteroatoms. The molecule has 1 aromatic carbocycles. The Hall–Kier alpha value is -1.84. The van der Waals surface area contributed by atoms with Gasteiger partial charge in [0.1, 0.15) is 11.6 Å². The molecular weight excluding hydrogens is 197 g/mol. The lowest BCUT2D eigenvalue weighted by atomic mass is 10.1. The maximum Gasteiger partial charge on any atom is 0.154 e. The van der Waals surface area contributed by atoms with Crippen molar-refractivity contribution in [3.05, 3.63) is 29.2 Å². The molecule has 0 amide bonds. The summed E-state index contributed by atoms with van der Waals surface area (Å²) in [6.07, 6.45) is 1.85. The van der Waals surface area contributed by atoms with Gasteiger partial charge in [-0.1, -0.05) is 0 Å². The summed E-state index contributed by atoms with van der Waals surface area (Å²) < 4.78 is 18.5. The number of aldehydes is 1. The number of halogens is 1. The first-order valence-electron chi connectivity index (χ1n) is 4.48. The summed E-state index contributed by atoms with van der Waals surface area (Å²) in [5.41, 5.74) is 1.73. The van der Waals surface area contributed by atoms with Crippen LogP contribution in [0.2, 0.25) is 0 Å². The number of carbonyl (C=O) groups is 1.